The minimum atomic E-state index is -0.867. The lowest BCUT2D eigenvalue weighted by atomic mass is 10.1. The Morgan fingerprint density at radius 3 is 2.75 bits per heavy atom. The molecule has 1 saturated carbocycles. The first-order valence-electron chi connectivity index (χ1n) is 8.00. The van der Waals surface area contributed by atoms with E-state index in [1.54, 1.807) is 24.0 Å². The fourth-order valence-electron chi connectivity index (χ4n) is 2.78. The van der Waals surface area contributed by atoms with Crippen LogP contribution in [0.25, 0.3) is 0 Å². The summed E-state index contributed by atoms with van der Waals surface area (Å²) in [5.41, 5.74) is -0.136. The first-order valence-corrected chi connectivity index (χ1v) is 8.00. The summed E-state index contributed by atoms with van der Waals surface area (Å²) in [5.74, 6) is -0.695. The highest BCUT2D eigenvalue weighted by Gasteiger charge is 2.50. The molecule has 3 rings (SSSR count). The van der Waals surface area contributed by atoms with Crippen molar-refractivity contribution in [1.82, 2.24) is 5.32 Å². The molecule has 0 radical (unpaired) electrons. The Labute approximate surface area is 139 Å². The highest BCUT2D eigenvalue weighted by molar-refractivity contribution is 6.00. The van der Waals surface area contributed by atoms with Crippen molar-refractivity contribution < 1.29 is 24.2 Å². The van der Waals surface area contributed by atoms with Crippen LogP contribution in [0.2, 0.25) is 0 Å². The van der Waals surface area contributed by atoms with E-state index >= 15 is 0 Å². The second kappa shape index (κ2) is 6.14. The summed E-state index contributed by atoms with van der Waals surface area (Å²) in [6.07, 6.45) is 0.706. The number of nitrogens with one attached hydrogen (secondary N) is 1. The van der Waals surface area contributed by atoms with Gasteiger partial charge in [-0.05, 0) is 31.9 Å². The van der Waals surface area contributed by atoms with Crippen molar-refractivity contribution >= 4 is 23.5 Å². The number of benzene rings is 1. The molecule has 2 amide bonds. The highest BCUT2D eigenvalue weighted by Crippen LogP contribution is 2.45. The van der Waals surface area contributed by atoms with Gasteiger partial charge in [0.25, 0.3) is 5.91 Å². The van der Waals surface area contributed by atoms with Crippen molar-refractivity contribution in [1.29, 1.82) is 0 Å². The van der Waals surface area contributed by atoms with Crippen LogP contribution in [0, 0.1) is 5.41 Å². The van der Waals surface area contributed by atoms with Crippen LogP contribution in [0.15, 0.2) is 24.3 Å². The number of carbonyl (C=O) groups is 3. The van der Waals surface area contributed by atoms with Gasteiger partial charge < -0.3 is 20.1 Å². The number of carbonyl (C=O) groups excluding carboxylic acids is 2. The molecule has 128 valence electrons. The summed E-state index contributed by atoms with van der Waals surface area (Å²) < 4.78 is 5.55. The summed E-state index contributed by atoms with van der Waals surface area (Å²) in [5, 5.41) is 11.8. The summed E-state index contributed by atoms with van der Waals surface area (Å²) in [4.78, 5) is 37.0. The maximum atomic E-state index is 12.3. The lowest BCUT2D eigenvalue weighted by Gasteiger charge is -2.32. The van der Waals surface area contributed by atoms with Crippen LogP contribution in [0.1, 0.15) is 26.2 Å². The number of ether oxygens (including phenoxy) is 1. The maximum Gasteiger partial charge on any atom is 0.311 e. The average molecular weight is 332 g/mol. The molecule has 2 aliphatic rings. The topological polar surface area (TPSA) is 95.9 Å². The van der Waals surface area contributed by atoms with Gasteiger partial charge in [0, 0.05) is 19.5 Å². The van der Waals surface area contributed by atoms with Crippen molar-refractivity contribution in [2.45, 2.75) is 32.3 Å². The smallest absolute Gasteiger partial charge is 0.311 e. The van der Waals surface area contributed by atoms with Gasteiger partial charge in [0.05, 0.1) is 11.1 Å². The van der Waals surface area contributed by atoms with Gasteiger partial charge in [-0.25, -0.2) is 0 Å². The zero-order valence-corrected chi connectivity index (χ0v) is 13.4. The molecule has 1 aliphatic carbocycles. The number of nitrogens with zero attached hydrogens (tertiary/aromatic N) is 1. The summed E-state index contributed by atoms with van der Waals surface area (Å²) in [7, 11) is 0. The number of carboxylic acid groups (broad SMARTS) is 1. The summed E-state index contributed by atoms with van der Waals surface area (Å²) >= 11 is 0. The Morgan fingerprint density at radius 1 is 1.38 bits per heavy atom. The van der Waals surface area contributed by atoms with Crippen LogP contribution >= 0.6 is 0 Å². The van der Waals surface area contributed by atoms with Gasteiger partial charge in [-0.1, -0.05) is 12.1 Å². The SMILES string of the molecule is CC1Oc2ccccc2N(CCC(=O)NCC2(C(=O)O)CC2)C1=O. The van der Waals surface area contributed by atoms with Gasteiger partial charge in [-0.15, -0.1) is 0 Å². The molecule has 0 saturated heterocycles. The Balaban J connectivity index is 1.58. The molecule has 24 heavy (non-hydrogen) atoms. The van der Waals surface area contributed by atoms with Crippen molar-refractivity contribution in [3.05, 3.63) is 24.3 Å². The number of para-hydroxylation sites is 2. The van der Waals surface area contributed by atoms with E-state index in [-0.39, 0.29) is 31.3 Å². The zero-order chi connectivity index (χ0) is 17.3. The highest BCUT2D eigenvalue weighted by atomic mass is 16.5. The van der Waals surface area contributed by atoms with Crippen LogP contribution in [0.5, 0.6) is 5.75 Å². The predicted octanol–water partition coefficient (Wildman–Crippen LogP) is 1.17. The number of anilines is 1. The minimum Gasteiger partial charge on any atom is -0.481 e. The number of aliphatic carboxylic acids is 1. The van der Waals surface area contributed by atoms with Crippen LogP contribution in [0.4, 0.5) is 5.69 Å². The molecule has 0 aromatic heterocycles. The lowest BCUT2D eigenvalue weighted by molar-refractivity contribution is -0.143. The van der Waals surface area contributed by atoms with Crippen LogP contribution in [-0.4, -0.2) is 42.1 Å². The number of carboxylic acids is 1. The van der Waals surface area contributed by atoms with Gasteiger partial charge in [0.2, 0.25) is 5.91 Å². The second-order valence-corrected chi connectivity index (χ2v) is 6.33. The van der Waals surface area contributed by atoms with E-state index in [1.165, 1.54) is 0 Å². The van der Waals surface area contributed by atoms with Gasteiger partial charge >= 0.3 is 5.97 Å². The molecule has 1 aromatic carbocycles. The van der Waals surface area contributed by atoms with E-state index in [9.17, 15) is 14.4 Å². The third-order valence-electron chi connectivity index (χ3n) is 4.57. The Kier molecular flexibility index (Phi) is 4.17. The molecule has 1 aliphatic heterocycles. The van der Waals surface area contributed by atoms with E-state index in [2.05, 4.69) is 5.32 Å². The fraction of sp³-hybridized carbons (Fsp3) is 0.471. The van der Waals surface area contributed by atoms with Crippen LogP contribution in [-0.2, 0) is 14.4 Å². The predicted molar refractivity (Wildman–Crippen MR) is 85.8 cm³/mol. The standard InChI is InChI=1S/C17H20N2O5/c1-11-15(21)19(12-4-2-3-5-13(12)24-11)9-6-14(20)18-10-17(7-8-17)16(22)23/h2-5,11H,6-10H2,1H3,(H,18,20)(H,22,23). The lowest BCUT2D eigenvalue weighted by Crippen LogP contribution is -2.46. The van der Waals surface area contributed by atoms with Crippen molar-refractivity contribution in [3.8, 4) is 5.75 Å². The van der Waals surface area contributed by atoms with Gasteiger partial charge in [-0.2, -0.15) is 0 Å². The molecule has 1 aromatic rings. The average Bonchev–Trinajstić information content (AvgIpc) is 3.35. The molecule has 1 atom stereocenters. The molecule has 1 heterocycles. The van der Waals surface area contributed by atoms with Gasteiger partial charge in [0.1, 0.15) is 5.75 Å². The summed E-state index contributed by atoms with van der Waals surface area (Å²) in [6.45, 7) is 2.05. The van der Waals surface area contributed by atoms with Gasteiger partial charge in [-0.3, -0.25) is 14.4 Å². The van der Waals surface area contributed by atoms with E-state index in [4.69, 9.17) is 9.84 Å². The Hall–Kier alpha value is -2.57. The monoisotopic (exact) mass is 332 g/mol. The van der Waals surface area contributed by atoms with Crippen molar-refractivity contribution in [3.63, 3.8) is 0 Å². The first kappa shape index (κ1) is 16.3. The quantitative estimate of drug-likeness (QED) is 0.815. The molecule has 0 bridgehead atoms. The molecular weight excluding hydrogens is 312 g/mol. The van der Waals surface area contributed by atoms with Crippen LogP contribution in [0.3, 0.4) is 0 Å². The molecule has 7 nitrogen and oxygen atoms in total. The number of hydrogen-bond acceptors (Lipinski definition) is 4. The van der Waals surface area contributed by atoms with E-state index in [1.807, 2.05) is 12.1 Å². The van der Waals surface area contributed by atoms with Crippen molar-refractivity contribution in [2.24, 2.45) is 5.41 Å². The number of rotatable bonds is 6. The fourth-order valence-corrected chi connectivity index (χ4v) is 2.78. The van der Waals surface area contributed by atoms with Gasteiger partial charge in [0.15, 0.2) is 6.10 Å². The molecule has 2 N–H and O–H groups in total. The minimum absolute atomic E-state index is 0.114. The number of fused-ring (bicyclic) bond motifs is 1. The molecular formula is C17H20N2O5. The third kappa shape index (κ3) is 3.06. The van der Waals surface area contributed by atoms with E-state index in [0.717, 1.165) is 0 Å². The second-order valence-electron chi connectivity index (χ2n) is 6.33. The maximum absolute atomic E-state index is 12.3. The Bertz CT molecular complexity index is 683. The molecule has 1 unspecified atom stereocenters. The molecule has 0 spiro atoms. The van der Waals surface area contributed by atoms with Crippen molar-refractivity contribution in [2.75, 3.05) is 18.0 Å². The van der Waals surface area contributed by atoms with E-state index in [0.29, 0.717) is 24.3 Å². The summed E-state index contributed by atoms with van der Waals surface area (Å²) in [6, 6.07) is 7.20. The van der Waals surface area contributed by atoms with E-state index < -0.39 is 17.5 Å². The first-order chi connectivity index (χ1) is 11.4. The largest absolute Gasteiger partial charge is 0.481 e. The molecule has 7 heteroatoms. The third-order valence-corrected chi connectivity index (χ3v) is 4.57. The zero-order valence-electron chi connectivity index (χ0n) is 13.4. The Morgan fingerprint density at radius 2 is 2.08 bits per heavy atom. The molecule has 1 fully saturated rings. The number of amides is 2. The number of hydrogen-bond donors (Lipinski definition) is 2. The van der Waals surface area contributed by atoms with Crippen LogP contribution < -0.4 is 15.0 Å². The normalized spacial score (nSPS) is 20.8.